The molecule has 0 aromatic heterocycles. The van der Waals surface area contributed by atoms with Gasteiger partial charge in [0, 0.05) is 32.7 Å². The molecule has 7 heteroatoms. The molecule has 6 nitrogen and oxygen atoms in total. The second kappa shape index (κ2) is 5.31. The van der Waals surface area contributed by atoms with Crippen LogP contribution in [0.15, 0.2) is 0 Å². The van der Waals surface area contributed by atoms with Gasteiger partial charge in [0.25, 0.3) is 0 Å². The lowest BCUT2D eigenvalue weighted by molar-refractivity contribution is 0.180. The number of sulfonamides is 1. The van der Waals surface area contributed by atoms with Crippen molar-refractivity contribution >= 4 is 10.0 Å². The van der Waals surface area contributed by atoms with Gasteiger partial charge in [-0.2, -0.15) is 9.57 Å². The van der Waals surface area contributed by atoms with E-state index in [1.54, 1.807) is 6.92 Å². The van der Waals surface area contributed by atoms with E-state index in [2.05, 4.69) is 11.0 Å². The van der Waals surface area contributed by atoms with Crippen LogP contribution < -0.4 is 5.73 Å². The van der Waals surface area contributed by atoms with Gasteiger partial charge >= 0.3 is 0 Å². The minimum Gasteiger partial charge on any atom is -0.314 e. The van der Waals surface area contributed by atoms with Gasteiger partial charge in [-0.3, -0.25) is 0 Å². The average molecular weight is 260 g/mol. The van der Waals surface area contributed by atoms with Crippen LogP contribution in [0.5, 0.6) is 0 Å². The fraction of sp³-hybridized carbons (Fsp3) is 0.900. The van der Waals surface area contributed by atoms with Gasteiger partial charge in [-0.1, -0.05) is 0 Å². The summed E-state index contributed by atoms with van der Waals surface area (Å²) in [6.07, 6.45) is 1.83. The van der Waals surface area contributed by atoms with E-state index in [-0.39, 0.29) is 0 Å². The van der Waals surface area contributed by atoms with Gasteiger partial charge in [-0.25, -0.2) is 8.42 Å². The Kier molecular flexibility index (Phi) is 4.49. The fourth-order valence-electron chi connectivity index (χ4n) is 1.73. The lowest BCUT2D eigenvalue weighted by atomic mass is 10.0. The molecule has 17 heavy (non-hydrogen) atoms. The van der Waals surface area contributed by atoms with Gasteiger partial charge in [0.15, 0.2) is 0 Å². The molecule has 1 fully saturated rings. The van der Waals surface area contributed by atoms with Crippen LogP contribution >= 0.6 is 0 Å². The number of nitriles is 1. The number of nitrogens with zero attached hydrogens (tertiary/aromatic N) is 3. The summed E-state index contributed by atoms with van der Waals surface area (Å²) >= 11 is 0. The molecule has 0 spiro atoms. The Labute approximate surface area is 103 Å². The van der Waals surface area contributed by atoms with Crippen molar-refractivity contribution in [2.45, 2.75) is 18.9 Å². The van der Waals surface area contributed by atoms with E-state index in [4.69, 9.17) is 11.0 Å². The third-order valence-corrected chi connectivity index (χ3v) is 4.31. The Bertz CT molecular complexity index is 391. The van der Waals surface area contributed by atoms with Crippen LogP contribution in [-0.2, 0) is 10.0 Å². The van der Waals surface area contributed by atoms with Gasteiger partial charge in [-0.15, -0.1) is 0 Å². The maximum Gasteiger partial charge on any atom is 0.211 e. The van der Waals surface area contributed by atoms with Crippen LogP contribution in [0.4, 0.5) is 0 Å². The minimum absolute atomic E-state index is 0.521. The standard InChI is InChI=1S/C10H20N4O2S/c1-10(12,9-11)3-4-13-5-7-14(8-6-13)17(2,15)16/h3-8,12H2,1-2H3. The van der Waals surface area contributed by atoms with E-state index >= 15 is 0 Å². The number of hydrogen-bond acceptors (Lipinski definition) is 5. The summed E-state index contributed by atoms with van der Waals surface area (Å²) in [7, 11) is -3.07. The first-order valence-corrected chi connectivity index (χ1v) is 7.47. The van der Waals surface area contributed by atoms with E-state index in [1.165, 1.54) is 10.6 Å². The average Bonchev–Trinajstić information content (AvgIpc) is 2.26. The van der Waals surface area contributed by atoms with Gasteiger partial charge in [0.05, 0.1) is 12.3 Å². The summed E-state index contributed by atoms with van der Waals surface area (Å²) in [5, 5.41) is 8.79. The largest absolute Gasteiger partial charge is 0.314 e. The van der Waals surface area contributed by atoms with Crippen molar-refractivity contribution < 1.29 is 8.42 Å². The highest BCUT2D eigenvalue weighted by molar-refractivity contribution is 7.88. The number of hydrogen-bond donors (Lipinski definition) is 1. The molecule has 1 atom stereocenters. The zero-order valence-electron chi connectivity index (χ0n) is 10.4. The van der Waals surface area contributed by atoms with Crippen molar-refractivity contribution in [2.75, 3.05) is 39.0 Å². The van der Waals surface area contributed by atoms with E-state index in [0.29, 0.717) is 32.6 Å². The minimum atomic E-state index is -3.07. The van der Waals surface area contributed by atoms with Crippen molar-refractivity contribution in [3.05, 3.63) is 0 Å². The van der Waals surface area contributed by atoms with E-state index < -0.39 is 15.6 Å². The third kappa shape index (κ3) is 4.60. The first-order chi connectivity index (χ1) is 7.74. The molecule has 0 radical (unpaired) electrons. The lowest BCUT2D eigenvalue weighted by Gasteiger charge is -2.34. The van der Waals surface area contributed by atoms with Crippen LogP contribution in [-0.4, -0.2) is 62.1 Å². The summed E-state index contributed by atoms with van der Waals surface area (Å²) in [5.41, 5.74) is 4.94. The third-order valence-electron chi connectivity index (χ3n) is 3.00. The monoisotopic (exact) mass is 260 g/mol. The highest BCUT2D eigenvalue weighted by atomic mass is 32.2. The van der Waals surface area contributed by atoms with Crippen LogP contribution in [0.3, 0.4) is 0 Å². The first-order valence-electron chi connectivity index (χ1n) is 5.62. The molecule has 1 unspecified atom stereocenters. The zero-order valence-corrected chi connectivity index (χ0v) is 11.2. The summed E-state index contributed by atoms with van der Waals surface area (Å²) in [4.78, 5) is 2.14. The van der Waals surface area contributed by atoms with Crippen molar-refractivity contribution in [1.82, 2.24) is 9.21 Å². The molecule has 1 rings (SSSR count). The molecular weight excluding hydrogens is 240 g/mol. The van der Waals surface area contributed by atoms with Crippen molar-refractivity contribution in [3.8, 4) is 6.07 Å². The topological polar surface area (TPSA) is 90.4 Å². The van der Waals surface area contributed by atoms with Crippen molar-refractivity contribution in [1.29, 1.82) is 5.26 Å². The fourth-order valence-corrected chi connectivity index (χ4v) is 2.56. The zero-order chi connectivity index (χ0) is 13.1. The number of nitrogens with two attached hydrogens (primary N) is 1. The highest BCUT2D eigenvalue weighted by Crippen LogP contribution is 2.09. The Morgan fingerprint density at radius 3 is 2.29 bits per heavy atom. The predicted octanol–water partition coefficient (Wildman–Crippen LogP) is -0.805. The second-order valence-corrected chi connectivity index (χ2v) is 6.77. The van der Waals surface area contributed by atoms with E-state index in [0.717, 1.165) is 6.54 Å². The molecule has 1 aliphatic heterocycles. The summed E-state index contributed by atoms with van der Waals surface area (Å²) in [6, 6.07) is 2.06. The molecule has 0 aromatic carbocycles. The van der Waals surface area contributed by atoms with Crippen LogP contribution in [0.1, 0.15) is 13.3 Å². The summed E-state index contributed by atoms with van der Waals surface area (Å²) in [5.74, 6) is 0. The molecule has 0 bridgehead atoms. The van der Waals surface area contributed by atoms with E-state index in [9.17, 15) is 8.42 Å². The van der Waals surface area contributed by atoms with Gasteiger partial charge in [-0.05, 0) is 13.3 Å². The molecule has 0 amide bonds. The SMILES string of the molecule is CC(N)(C#N)CCN1CCN(S(C)(=O)=O)CC1. The predicted molar refractivity (Wildman–Crippen MR) is 65.7 cm³/mol. The normalized spacial score (nSPS) is 22.9. The molecule has 2 N–H and O–H groups in total. The van der Waals surface area contributed by atoms with Gasteiger partial charge in [0.1, 0.15) is 5.54 Å². The Morgan fingerprint density at radius 1 is 1.35 bits per heavy atom. The molecular formula is C10H20N4O2S. The van der Waals surface area contributed by atoms with Crippen LogP contribution in [0, 0.1) is 11.3 Å². The van der Waals surface area contributed by atoms with Crippen LogP contribution in [0.25, 0.3) is 0 Å². The molecule has 1 aliphatic rings. The maximum atomic E-state index is 11.3. The lowest BCUT2D eigenvalue weighted by Crippen LogP contribution is -2.49. The summed E-state index contributed by atoms with van der Waals surface area (Å²) < 4.78 is 24.1. The Morgan fingerprint density at radius 2 is 1.88 bits per heavy atom. The molecule has 98 valence electrons. The highest BCUT2D eigenvalue weighted by Gasteiger charge is 2.25. The quantitative estimate of drug-likeness (QED) is 0.714. The smallest absolute Gasteiger partial charge is 0.211 e. The second-order valence-electron chi connectivity index (χ2n) is 4.78. The first kappa shape index (κ1) is 14.4. The molecule has 0 aromatic rings. The van der Waals surface area contributed by atoms with Crippen LogP contribution in [0.2, 0.25) is 0 Å². The number of rotatable bonds is 4. The molecule has 0 saturated carbocycles. The maximum absolute atomic E-state index is 11.3. The van der Waals surface area contributed by atoms with Crippen molar-refractivity contribution in [2.24, 2.45) is 5.73 Å². The van der Waals surface area contributed by atoms with Gasteiger partial charge < -0.3 is 10.6 Å². The van der Waals surface area contributed by atoms with Gasteiger partial charge in [0.2, 0.25) is 10.0 Å². The number of piperazine rings is 1. The Balaban J connectivity index is 2.37. The summed E-state index contributed by atoms with van der Waals surface area (Å²) in [6.45, 7) is 4.89. The Hall–Kier alpha value is -0.680. The molecule has 1 heterocycles. The van der Waals surface area contributed by atoms with E-state index in [1.807, 2.05) is 0 Å². The van der Waals surface area contributed by atoms with Crippen molar-refractivity contribution in [3.63, 3.8) is 0 Å². The molecule has 0 aliphatic carbocycles. The molecule has 1 saturated heterocycles.